The summed E-state index contributed by atoms with van der Waals surface area (Å²) in [6, 6.07) is 11.9. The lowest BCUT2D eigenvalue weighted by molar-refractivity contribution is 0.270. The van der Waals surface area contributed by atoms with Gasteiger partial charge < -0.3 is 9.40 Å². The monoisotopic (exact) mass is 252 g/mol. The van der Waals surface area contributed by atoms with Crippen molar-refractivity contribution in [2.45, 2.75) is 6.92 Å². The van der Waals surface area contributed by atoms with Crippen LogP contribution in [0.1, 0.15) is 16.8 Å². The Bertz CT molecular complexity index is 609. The third-order valence-electron chi connectivity index (χ3n) is 2.90. The molecule has 2 aromatic rings. The van der Waals surface area contributed by atoms with Gasteiger partial charge in [-0.25, -0.2) is 0 Å². The molecule has 0 aliphatic rings. The molecule has 0 atom stereocenters. The zero-order chi connectivity index (χ0) is 13.7. The van der Waals surface area contributed by atoms with Crippen LogP contribution < -0.4 is 0 Å². The van der Waals surface area contributed by atoms with Crippen LogP contribution in [0, 0.1) is 6.92 Å². The minimum absolute atomic E-state index is 0.776. The van der Waals surface area contributed by atoms with Crippen molar-refractivity contribution < 1.29 is 4.84 Å². The molecule has 0 radical (unpaired) electrons. The molecule has 2 rings (SSSR count). The summed E-state index contributed by atoms with van der Waals surface area (Å²) in [5, 5.41) is 4.14. The van der Waals surface area contributed by atoms with Gasteiger partial charge in [0, 0.05) is 29.2 Å². The summed E-state index contributed by atoms with van der Waals surface area (Å²) in [7, 11) is 0. The van der Waals surface area contributed by atoms with E-state index >= 15 is 0 Å². The van der Waals surface area contributed by atoms with Crippen LogP contribution in [0.25, 0.3) is 6.20 Å². The molecule has 1 aromatic carbocycles. The molecule has 0 aliphatic heterocycles. The molecule has 0 saturated heterocycles. The summed E-state index contributed by atoms with van der Waals surface area (Å²) in [6.45, 7) is 9.31. The average molecular weight is 252 g/mol. The summed E-state index contributed by atoms with van der Waals surface area (Å²) in [5.74, 6) is 0. The number of rotatable bonds is 5. The highest BCUT2D eigenvalue weighted by Gasteiger charge is 2.13. The van der Waals surface area contributed by atoms with E-state index in [0.717, 1.165) is 22.5 Å². The average Bonchev–Trinajstić information content (AvgIpc) is 2.82. The van der Waals surface area contributed by atoms with E-state index in [4.69, 9.17) is 4.84 Å². The lowest BCUT2D eigenvalue weighted by Crippen LogP contribution is -2.05. The van der Waals surface area contributed by atoms with Gasteiger partial charge >= 0.3 is 0 Å². The predicted molar refractivity (Wildman–Crippen MR) is 78.9 cm³/mol. The minimum Gasteiger partial charge on any atom is -0.365 e. The Morgan fingerprint density at radius 3 is 2.53 bits per heavy atom. The van der Waals surface area contributed by atoms with Crippen LogP contribution in [0.5, 0.6) is 0 Å². The van der Waals surface area contributed by atoms with E-state index in [1.54, 1.807) is 6.20 Å². The summed E-state index contributed by atoms with van der Waals surface area (Å²) in [4.78, 5) is 5.02. The van der Waals surface area contributed by atoms with Crippen LogP contribution in [0.4, 0.5) is 0 Å². The van der Waals surface area contributed by atoms with E-state index < -0.39 is 0 Å². The van der Waals surface area contributed by atoms with E-state index in [-0.39, 0.29) is 0 Å². The number of aromatic nitrogens is 1. The van der Waals surface area contributed by atoms with E-state index in [2.05, 4.69) is 18.3 Å². The van der Waals surface area contributed by atoms with E-state index in [1.165, 1.54) is 6.26 Å². The Kier molecular flexibility index (Phi) is 3.98. The molecule has 1 aromatic heterocycles. The highest BCUT2D eigenvalue weighted by Crippen LogP contribution is 2.17. The van der Waals surface area contributed by atoms with Crippen molar-refractivity contribution in [3.8, 4) is 0 Å². The highest BCUT2D eigenvalue weighted by molar-refractivity contribution is 6.13. The van der Waals surface area contributed by atoms with Gasteiger partial charge in [-0.15, -0.1) is 0 Å². The van der Waals surface area contributed by atoms with E-state index in [9.17, 15) is 0 Å². The third kappa shape index (κ3) is 2.65. The normalized spacial score (nSPS) is 11.1. The largest absolute Gasteiger partial charge is 0.365 e. The lowest BCUT2D eigenvalue weighted by Gasteiger charge is -2.06. The van der Waals surface area contributed by atoms with Crippen LogP contribution in [0.3, 0.4) is 0 Å². The first-order valence-electron chi connectivity index (χ1n) is 5.98. The molecule has 3 nitrogen and oxygen atoms in total. The topological polar surface area (TPSA) is 26.5 Å². The molecule has 19 heavy (non-hydrogen) atoms. The summed E-state index contributed by atoms with van der Waals surface area (Å²) in [5.41, 5.74) is 3.84. The van der Waals surface area contributed by atoms with Crippen LogP contribution in [-0.2, 0) is 4.84 Å². The highest BCUT2D eigenvalue weighted by atomic mass is 16.6. The molecule has 0 spiro atoms. The van der Waals surface area contributed by atoms with Gasteiger partial charge in [0.05, 0.1) is 0 Å². The number of oxime groups is 1. The first-order chi connectivity index (χ1) is 9.27. The summed E-state index contributed by atoms with van der Waals surface area (Å²) < 4.78 is 1.95. The lowest BCUT2D eigenvalue weighted by atomic mass is 10.0. The van der Waals surface area contributed by atoms with Crippen molar-refractivity contribution in [2.24, 2.45) is 5.16 Å². The standard InChI is InChI=1S/C16H16N2O/c1-4-18-12-11-15(13(18)3)16(17-19-5-2)14-9-7-6-8-10-14/h4-12H,1-2H2,3H3. The Morgan fingerprint density at radius 1 is 1.21 bits per heavy atom. The van der Waals surface area contributed by atoms with Crippen molar-refractivity contribution in [3.05, 3.63) is 78.8 Å². The van der Waals surface area contributed by atoms with Gasteiger partial charge in [-0.1, -0.05) is 48.6 Å². The number of nitrogens with zero attached hydrogens (tertiary/aromatic N) is 2. The fourth-order valence-corrected chi connectivity index (χ4v) is 1.92. The summed E-state index contributed by atoms with van der Waals surface area (Å²) in [6.07, 6.45) is 5.02. The number of hydrogen-bond donors (Lipinski definition) is 0. The molecule has 0 saturated carbocycles. The molecule has 96 valence electrons. The first kappa shape index (κ1) is 12.9. The van der Waals surface area contributed by atoms with Gasteiger partial charge in [-0.05, 0) is 13.0 Å². The van der Waals surface area contributed by atoms with Gasteiger partial charge in [0.15, 0.2) is 0 Å². The minimum atomic E-state index is 0.776. The molecular weight excluding hydrogens is 236 g/mol. The second-order valence-corrected chi connectivity index (χ2v) is 3.98. The number of hydrogen-bond acceptors (Lipinski definition) is 2. The van der Waals surface area contributed by atoms with Crippen molar-refractivity contribution in [1.82, 2.24) is 4.57 Å². The van der Waals surface area contributed by atoms with Gasteiger partial charge in [-0.2, -0.15) is 0 Å². The molecule has 0 fully saturated rings. The molecular formula is C16H16N2O. The van der Waals surface area contributed by atoms with Crippen LogP contribution in [0.15, 0.2) is 67.2 Å². The molecule has 0 unspecified atom stereocenters. The van der Waals surface area contributed by atoms with Gasteiger partial charge in [0.25, 0.3) is 0 Å². The Balaban J connectivity index is 2.52. The Hall–Kier alpha value is -2.55. The maximum Gasteiger partial charge on any atom is 0.119 e. The molecule has 0 amide bonds. The van der Waals surface area contributed by atoms with E-state index in [1.807, 2.05) is 54.1 Å². The molecule has 0 bridgehead atoms. The third-order valence-corrected chi connectivity index (χ3v) is 2.90. The zero-order valence-corrected chi connectivity index (χ0v) is 10.9. The second-order valence-electron chi connectivity index (χ2n) is 3.98. The predicted octanol–water partition coefficient (Wildman–Crippen LogP) is 3.81. The fraction of sp³-hybridized carbons (Fsp3) is 0.0625. The maximum absolute atomic E-state index is 5.02. The van der Waals surface area contributed by atoms with Crippen LogP contribution in [-0.4, -0.2) is 10.3 Å². The Morgan fingerprint density at radius 2 is 1.95 bits per heavy atom. The van der Waals surface area contributed by atoms with Crippen molar-refractivity contribution >= 4 is 11.9 Å². The van der Waals surface area contributed by atoms with Gasteiger partial charge in [-0.3, -0.25) is 0 Å². The molecule has 1 heterocycles. The number of benzene rings is 1. The fourth-order valence-electron chi connectivity index (χ4n) is 1.92. The van der Waals surface area contributed by atoms with Gasteiger partial charge in [0.1, 0.15) is 12.0 Å². The van der Waals surface area contributed by atoms with Crippen LogP contribution >= 0.6 is 0 Å². The Labute approximate surface area is 113 Å². The van der Waals surface area contributed by atoms with Crippen LogP contribution in [0.2, 0.25) is 0 Å². The van der Waals surface area contributed by atoms with Crippen molar-refractivity contribution in [1.29, 1.82) is 0 Å². The molecule has 3 heteroatoms. The van der Waals surface area contributed by atoms with Crippen molar-refractivity contribution in [2.75, 3.05) is 0 Å². The van der Waals surface area contributed by atoms with Gasteiger partial charge in [0.2, 0.25) is 0 Å². The maximum atomic E-state index is 5.02. The van der Waals surface area contributed by atoms with Crippen molar-refractivity contribution in [3.63, 3.8) is 0 Å². The van der Waals surface area contributed by atoms with E-state index in [0.29, 0.717) is 0 Å². The SMILES string of the molecule is C=CON=C(c1ccccc1)c1ccn(C=C)c1C. The molecule has 0 N–H and O–H groups in total. The first-order valence-corrected chi connectivity index (χ1v) is 5.98. The second kappa shape index (κ2) is 5.87. The zero-order valence-electron chi connectivity index (χ0n) is 10.9. The smallest absolute Gasteiger partial charge is 0.119 e. The molecule has 0 aliphatic carbocycles. The summed E-state index contributed by atoms with van der Waals surface area (Å²) >= 11 is 0. The quantitative estimate of drug-likeness (QED) is 0.451.